The largest absolute Gasteiger partial charge is 0.485 e. The molecule has 2 heterocycles. The van der Waals surface area contributed by atoms with Gasteiger partial charge < -0.3 is 19.7 Å². The van der Waals surface area contributed by atoms with E-state index in [1.54, 1.807) is 6.92 Å². The maximum absolute atomic E-state index is 12.7. The monoisotopic (exact) mass is 454 g/mol. The molecule has 1 aromatic carbocycles. The molecule has 8 nitrogen and oxygen atoms in total. The number of hydrazine groups is 1. The Hall–Kier alpha value is -2.58. The average Bonchev–Trinajstić information content (AvgIpc) is 3.09. The van der Waals surface area contributed by atoms with Crippen LogP contribution in [0.2, 0.25) is 0 Å². The number of carbonyl (C=O) groups excluding carboxylic acids is 2. The van der Waals surface area contributed by atoms with Gasteiger partial charge in [0.2, 0.25) is 0 Å². The van der Waals surface area contributed by atoms with E-state index < -0.39 is 12.1 Å². The van der Waals surface area contributed by atoms with Crippen LogP contribution in [0, 0.1) is 5.92 Å². The average molecular weight is 455 g/mol. The van der Waals surface area contributed by atoms with Crippen molar-refractivity contribution in [3.8, 4) is 11.5 Å². The lowest BCUT2D eigenvalue weighted by Crippen LogP contribution is -2.62. The highest BCUT2D eigenvalue weighted by Gasteiger charge is 2.62. The Kier molecular flexibility index (Phi) is 5.21. The van der Waals surface area contributed by atoms with Gasteiger partial charge in [0.25, 0.3) is 5.91 Å². The number of carbonyl (C=O) groups is 2. The lowest BCUT2D eigenvalue weighted by Gasteiger charge is -2.55. The van der Waals surface area contributed by atoms with Gasteiger partial charge in [0.15, 0.2) is 11.5 Å². The topological polar surface area (TPSA) is 91.9 Å². The van der Waals surface area contributed by atoms with E-state index in [1.807, 2.05) is 26.8 Å². The number of piperidine rings is 1. The molecule has 33 heavy (non-hydrogen) atoms. The van der Waals surface area contributed by atoms with Gasteiger partial charge in [-0.1, -0.05) is 18.2 Å². The Morgan fingerprint density at radius 3 is 2.85 bits per heavy atom. The van der Waals surface area contributed by atoms with Crippen molar-refractivity contribution in [2.75, 3.05) is 13.6 Å². The maximum Gasteiger partial charge on any atom is 0.413 e. The summed E-state index contributed by atoms with van der Waals surface area (Å²) >= 11 is 0. The van der Waals surface area contributed by atoms with Crippen molar-refractivity contribution in [2.45, 2.75) is 76.1 Å². The first-order valence-corrected chi connectivity index (χ1v) is 11.9. The minimum Gasteiger partial charge on any atom is -0.485 e. The molecule has 1 spiro atoms. The molecular formula is C25H34N4O4. The number of benzene rings is 1. The zero-order valence-electron chi connectivity index (χ0n) is 20.0. The normalized spacial score (nSPS) is 30.2. The highest BCUT2D eigenvalue weighted by Crippen LogP contribution is 2.62. The standard InChI is InChI=1S/C25H34N4O4/c1-14(22(30)27-28-24(2,3)4)26-23(31)32-18-10-9-15-13-17-16-7-6-8-19-25(16,11-12-29(17)5)20(15)21(18)33-19/h6-7,9-10,14,16-17,19,28H,8,11-13H2,1-5H3,(H,26,31)(H,27,30)/t14-,16?,17?,19+,25-/m1/s1. The van der Waals surface area contributed by atoms with Crippen LogP contribution in [0.15, 0.2) is 24.3 Å². The number of rotatable bonds is 4. The second-order valence-corrected chi connectivity index (χ2v) is 10.9. The van der Waals surface area contributed by atoms with Crippen molar-refractivity contribution in [2.24, 2.45) is 5.92 Å². The molecule has 1 fully saturated rings. The summed E-state index contributed by atoms with van der Waals surface area (Å²) in [4.78, 5) is 27.4. The van der Waals surface area contributed by atoms with E-state index >= 15 is 0 Å². The molecule has 2 unspecified atom stereocenters. The number of likely N-dealkylation sites (tertiary alicyclic amines) is 1. The van der Waals surface area contributed by atoms with E-state index in [0.717, 1.165) is 25.8 Å². The molecule has 8 heteroatoms. The minimum atomic E-state index is -0.760. The summed E-state index contributed by atoms with van der Waals surface area (Å²) in [6, 6.07) is 3.62. The van der Waals surface area contributed by atoms with Crippen LogP contribution in [0.25, 0.3) is 0 Å². The molecule has 2 bridgehead atoms. The number of nitrogens with zero attached hydrogens (tertiary/aromatic N) is 1. The van der Waals surface area contributed by atoms with Crippen LogP contribution in [0.1, 0.15) is 51.7 Å². The Labute approximate surface area is 195 Å². The van der Waals surface area contributed by atoms with Crippen molar-refractivity contribution in [1.82, 2.24) is 21.1 Å². The smallest absolute Gasteiger partial charge is 0.413 e. The molecule has 1 aromatic rings. The molecule has 4 aliphatic rings. The van der Waals surface area contributed by atoms with Crippen LogP contribution in [-0.2, 0) is 16.6 Å². The van der Waals surface area contributed by atoms with Crippen molar-refractivity contribution in [3.63, 3.8) is 0 Å². The zero-order valence-corrected chi connectivity index (χ0v) is 20.0. The predicted octanol–water partition coefficient (Wildman–Crippen LogP) is 2.42. The second-order valence-electron chi connectivity index (χ2n) is 10.9. The van der Waals surface area contributed by atoms with Gasteiger partial charge in [0.05, 0.1) is 0 Å². The first-order valence-electron chi connectivity index (χ1n) is 11.9. The fourth-order valence-electron chi connectivity index (χ4n) is 6.01. The summed E-state index contributed by atoms with van der Waals surface area (Å²) < 4.78 is 12.2. The number of hydrogen-bond acceptors (Lipinski definition) is 6. The first-order chi connectivity index (χ1) is 15.6. The van der Waals surface area contributed by atoms with E-state index in [9.17, 15) is 9.59 Å². The van der Waals surface area contributed by atoms with E-state index in [1.165, 1.54) is 11.1 Å². The lowest BCUT2D eigenvalue weighted by atomic mass is 9.54. The molecule has 0 aromatic heterocycles. The lowest BCUT2D eigenvalue weighted by molar-refractivity contribution is -0.124. The van der Waals surface area contributed by atoms with Gasteiger partial charge in [0, 0.05) is 34.9 Å². The van der Waals surface area contributed by atoms with Crippen molar-refractivity contribution >= 4 is 12.0 Å². The fourth-order valence-corrected chi connectivity index (χ4v) is 6.01. The fraction of sp³-hybridized carbons (Fsp3) is 0.600. The molecule has 2 aliphatic heterocycles. The molecule has 1 saturated heterocycles. The van der Waals surface area contributed by atoms with Gasteiger partial charge in [-0.15, -0.1) is 0 Å². The van der Waals surface area contributed by atoms with Crippen LogP contribution in [0.5, 0.6) is 11.5 Å². The summed E-state index contributed by atoms with van der Waals surface area (Å²) in [5, 5.41) is 2.62. The minimum absolute atomic E-state index is 0.0451. The van der Waals surface area contributed by atoms with Gasteiger partial charge in [-0.3, -0.25) is 10.2 Å². The van der Waals surface area contributed by atoms with Gasteiger partial charge in [-0.2, -0.15) is 0 Å². The van der Waals surface area contributed by atoms with Crippen molar-refractivity contribution in [1.29, 1.82) is 0 Å². The van der Waals surface area contributed by atoms with Crippen molar-refractivity contribution < 1.29 is 19.1 Å². The molecule has 178 valence electrons. The third-order valence-corrected chi connectivity index (χ3v) is 7.58. The quantitative estimate of drug-likeness (QED) is 0.478. The summed E-state index contributed by atoms with van der Waals surface area (Å²) in [5.74, 6) is 1.19. The molecule has 2 amide bonds. The molecule has 0 radical (unpaired) electrons. The molecule has 0 saturated carbocycles. The van der Waals surface area contributed by atoms with Crippen LogP contribution >= 0.6 is 0 Å². The highest BCUT2D eigenvalue weighted by atomic mass is 16.6. The number of hydrogen-bond donors (Lipinski definition) is 3. The van der Waals surface area contributed by atoms with E-state index in [2.05, 4.69) is 46.3 Å². The molecule has 5 rings (SSSR count). The Morgan fingerprint density at radius 1 is 1.30 bits per heavy atom. The predicted molar refractivity (Wildman–Crippen MR) is 124 cm³/mol. The van der Waals surface area contributed by atoms with Crippen LogP contribution in [-0.4, -0.2) is 54.2 Å². The Bertz CT molecular complexity index is 1020. The SMILES string of the molecule is C[C@@H](NC(=O)Oc1ccc2c3c1O[C@H]1CC=CC4C(C2)N(C)CC[C@@]341)C(=O)NNC(C)(C)C. The molecule has 5 atom stereocenters. The van der Waals surface area contributed by atoms with Gasteiger partial charge in [-0.05, 0) is 65.8 Å². The Balaban J connectivity index is 1.36. The molecule has 3 N–H and O–H groups in total. The van der Waals surface area contributed by atoms with Crippen molar-refractivity contribution in [3.05, 3.63) is 35.4 Å². The molecular weight excluding hydrogens is 420 g/mol. The van der Waals surface area contributed by atoms with Gasteiger partial charge >= 0.3 is 6.09 Å². The van der Waals surface area contributed by atoms with E-state index in [-0.39, 0.29) is 23.0 Å². The second kappa shape index (κ2) is 7.74. The van der Waals surface area contributed by atoms with Gasteiger partial charge in [-0.25, -0.2) is 10.2 Å². The first kappa shape index (κ1) is 22.2. The number of likely N-dealkylation sites (N-methyl/N-ethyl adjacent to an activating group) is 1. The molecule has 2 aliphatic carbocycles. The highest BCUT2D eigenvalue weighted by molar-refractivity contribution is 5.85. The Morgan fingerprint density at radius 2 is 2.09 bits per heavy atom. The van der Waals surface area contributed by atoms with Crippen LogP contribution < -0.4 is 25.6 Å². The zero-order chi connectivity index (χ0) is 23.5. The summed E-state index contributed by atoms with van der Waals surface area (Å²) in [6.45, 7) is 8.45. The summed E-state index contributed by atoms with van der Waals surface area (Å²) in [7, 11) is 2.22. The third-order valence-electron chi connectivity index (χ3n) is 7.58. The summed E-state index contributed by atoms with van der Waals surface area (Å²) in [5.41, 5.74) is 7.73. The third kappa shape index (κ3) is 3.60. The van der Waals surface area contributed by atoms with Crippen LogP contribution in [0.3, 0.4) is 0 Å². The number of amides is 2. The van der Waals surface area contributed by atoms with E-state index in [4.69, 9.17) is 9.47 Å². The maximum atomic E-state index is 12.7. The number of ether oxygens (including phenoxy) is 2. The van der Waals surface area contributed by atoms with E-state index in [0.29, 0.717) is 23.5 Å². The van der Waals surface area contributed by atoms with Gasteiger partial charge in [0.1, 0.15) is 12.1 Å². The summed E-state index contributed by atoms with van der Waals surface area (Å²) in [6.07, 6.45) is 6.89. The number of nitrogens with one attached hydrogen (secondary N) is 3. The van der Waals surface area contributed by atoms with Crippen LogP contribution in [0.4, 0.5) is 4.79 Å².